The highest BCUT2D eigenvalue weighted by Crippen LogP contribution is 2.37. The third kappa shape index (κ3) is 3.81. The van der Waals surface area contributed by atoms with Crippen molar-refractivity contribution in [3.8, 4) is 5.75 Å². The standard InChI is InChI=1S/C16H16Br2ClNO/c1-3-21-14-8-7-10(17)9-12(14)16(20-2)11-5-4-6-13(18)15(11)19/h4-9,16,20H,3H2,1-2H3. The van der Waals surface area contributed by atoms with E-state index >= 15 is 0 Å². The summed E-state index contributed by atoms with van der Waals surface area (Å²) in [5.41, 5.74) is 2.06. The van der Waals surface area contributed by atoms with Gasteiger partial charge >= 0.3 is 0 Å². The molecule has 1 unspecified atom stereocenters. The summed E-state index contributed by atoms with van der Waals surface area (Å²) in [5, 5.41) is 4.03. The van der Waals surface area contributed by atoms with E-state index in [1.807, 2.05) is 44.3 Å². The fourth-order valence-electron chi connectivity index (χ4n) is 2.25. The molecule has 0 saturated heterocycles. The molecule has 0 aliphatic rings. The second kappa shape index (κ2) is 7.63. The maximum Gasteiger partial charge on any atom is 0.124 e. The fourth-order valence-corrected chi connectivity index (χ4v) is 3.25. The van der Waals surface area contributed by atoms with E-state index in [1.165, 1.54) is 0 Å². The van der Waals surface area contributed by atoms with E-state index < -0.39 is 0 Å². The molecule has 0 aliphatic heterocycles. The van der Waals surface area contributed by atoms with Crippen molar-refractivity contribution in [3.63, 3.8) is 0 Å². The first-order valence-electron chi connectivity index (χ1n) is 6.61. The minimum Gasteiger partial charge on any atom is -0.494 e. The molecule has 1 N–H and O–H groups in total. The minimum atomic E-state index is -0.0472. The van der Waals surface area contributed by atoms with Gasteiger partial charge in [-0.3, -0.25) is 0 Å². The average molecular weight is 434 g/mol. The molecule has 2 rings (SSSR count). The number of hydrogen-bond donors (Lipinski definition) is 1. The van der Waals surface area contributed by atoms with Crippen LogP contribution in [0.1, 0.15) is 24.1 Å². The molecule has 5 heteroatoms. The van der Waals surface area contributed by atoms with Crippen LogP contribution in [0.15, 0.2) is 45.3 Å². The van der Waals surface area contributed by atoms with Gasteiger partial charge in [0.15, 0.2) is 0 Å². The van der Waals surface area contributed by atoms with Gasteiger partial charge in [-0.15, -0.1) is 0 Å². The van der Waals surface area contributed by atoms with Crippen molar-refractivity contribution in [2.75, 3.05) is 13.7 Å². The highest BCUT2D eigenvalue weighted by Gasteiger charge is 2.20. The summed E-state index contributed by atoms with van der Waals surface area (Å²) in [6.07, 6.45) is 0. The van der Waals surface area contributed by atoms with Crippen LogP contribution in [-0.4, -0.2) is 13.7 Å². The Morgan fingerprint density at radius 2 is 1.95 bits per heavy atom. The van der Waals surface area contributed by atoms with Crippen LogP contribution in [0.2, 0.25) is 5.02 Å². The van der Waals surface area contributed by atoms with E-state index in [4.69, 9.17) is 16.3 Å². The van der Waals surface area contributed by atoms with Crippen LogP contribution in [-0.2, 0) is 0 Å². The molecule has 2 nitrogen and oxygen atoms in total. The molecule has 0 heterocycles. The maximum atomic E-state index is 6.45. The molecular weight excluding hydrogens is 417 g/mol. The fraction of sp³-hybridized carbons (Fsp3) is 0.250. The zero-order valence-electron chi connectivity index (χ0n) is 11.8. The SMILES string of the molecule is CCOc1ccc(Br)cc1C(NC)c1cccc(Br)c1Cl. The zero-order chi connectivity index (χ0) is 15.4. The Bertz CT molecular complexity index is 634. The first-order valence-corrected chi connectivity index (χ1v) is 8.58. The molecule has 0 amide bonds. The van der Waals surface area contributed by atoms with E-state index in [0.717, 1.165) is 25.8 Å². The first kappa shape index (κ1) is 16.8. The van der Waals surface area contributed by atoms with Crippen molar-refractivity contribution < 1.29 is 4.74 Å². The summed E-state index contributed by atoms with van der Waals surface area (Å²) in [6.45, 7) is 2.60. The van der Waals surface area contributed by atoms with E-state index in [9.17, 15) is 0 Å². The smallest absolute Gasteiger partial charge is 0.124 e. The van der Waals surface area contributed by atoms with Crippen LogP contribution >= 0.6 is 43.5 Å². The molecule has 0 fully saturated rings. The monoisotopic (exact) mass is 431 g/mol. The Hall–Kier alpha value is -0.550. The van der Waals surface area contributed by atoms with Gasteiger partial charge in [0, 0.05) is 14.5 Å². The zero-order valence-corrected chi connectivity index (χ0v) is 15.7. The van der Waals surface area contributed by atoms with E-state index in [1.54, 1.807) is 0 Å². The van der Waals surface area contributed by atoms with E-state index in [2.05, 4.69) is 43.2 Å². The summed E-state index contributed by atoms with van der Waals surface area (Å²) in [4.78, 5) is 0. The first-order chi connectivity index (χ1) is 10.1. The number of halogens is 3. The van der Waals surface area contributed by atoms with Crippen LogP contribution in [0.4, 0.5) is 0 Å². The lowest BCUT2D eigenvalue weighted by Crippen LogP contribution is -2.19. The molecule has 0 saturated carbocycles. The van der Waals surface area contributed by atoms with Crippen molar-refractivity contribution in [1.82, 2.24) is 5.32 Å². The lowest BCUT2D eigenvalue weighted by atomic mass is 9.98. The van der Waals surface area contributed by atoms with Gasteiger partial charge < -0.3 is 10.1 Å². The normalized spacial score (nSPS) is 12.2. The van der Waals surface area contributed by atoms with Gasteiger partial charge in [0.05, 0.1) is 17.7 Å². The van der Waals surface area contributed by atoms with Gasteiger partial charge in [-0.25, -0.2) is 0 Å². The molecule has 0 aliphatic carbocycles. The molecule has 21 heavy (non-hydrogen) atoms. The van der Waals surface area contributed by atoms with Crippen molar-refractivity contribution in [2.24, 2.45) is 0 Å². The summed E-state index contributed by atoms with van der Waals surface area (Å²) in [5.74, 6) is 0.857. The molecule has 0 bridgehead atoms. The lowest BCUT2D eigenvalue weighted by Gasteiger charge is -2.22. The predicted molar refractivity (Wildman–Crippen MR) is 95.4 cm³/mol. The van der Waals surface area contributed by atoms with Gasteiger partial charge in [0.1, 0.15) is 5.75 Å². The van der Waals surface area contributed by atoms with Gasteiger partial charge in [0.2, 0.25) is 0 Å². The van der Waals surface area contributed by atoms with Crippen LogP contribution in [0.3, 0.4) is 0 Å². The molecule has 0 spiro atoms. The Balaban J connectivity index is 2.55. The molecule has 112 valence electrons. The van der Waals surface area contributed by atoms with Crippen molar-refractivity contribution in [2.45, 2.75) is 13.0 Å². The molecule has 1 atom stereocenters. The van der Waals surface area contributed by atoms with Crippen LogP contribution in [0.5, 0.6) is 5.75 Å². The van der Waals surface area contributed by atoms with Crippen molar-refractivity contribution in [3.05, 3.63) is 61.5 Å². The second-order valence-corrected chi connectivity index (χ2v) is 6.63. The quantitative estimate of drug-likeness (QED) is 0.665. The topological polar surface area (TPSA) is 21.3 Å². The van der Waals surface area contributed by atoms with E-state index in [-0.39, 0.29) is 6.04 Å². The summed E-state index contributed by atoms with van der Waals surface area (Å²) >= 11 is 13.5. The molecular formula is C16H16Br2ClNO. The van der Waals surface area contributed by atoms with Gasteiger partial charge in [-0.05, 0) is 59.7 Å². The minimum absolute atomic E-state index is 0.0472. The number of hydrogen-bond acceptors (Lipinski definition) is 2. The largest absolute Gasteiger partial charge is 0.494 e. The third-order valence-corrected chi connectivity index (χ3v) is 4.97. The molecule has 0 aromatic heterocycles. The van der Waals surface area contributed by atoms with Gasteiger partial charge in [-0.2, -0.15) is 0 Å². The molecule has 2 aromatic rings. The van der Waals surface area contributed by atoms with Crippen molar-refractivity contribution in [1.29, 1.82) is 0 Å². The Morgan fingerprint density at radius 3 is 2.62 bits per heavy atom. The predicted octanol–water partition coefficient (Wildman–Crippen LogP) is 5.57. The second-order valence-electron chi connectivity index (χ2n) is 4.48. The Morgan fingerprint density at radius 1 is 1.19 bits per heavy atom. The number of benzene rings is 2. The number of rotatable bonds is 5. The molecule has 2 aromatic carbocycles. The van der Waals surface area contributed by atoms with Gasteiger partial charge in [-0.1, -0.05) is 39.7 Å². The molecule has 0 radical (unpaired) electrons. The summed E-state index contributed by atoms with van der Waals surface area (Å²) < 4.78 is 7.64. The maximum absolute atomic E-state index is 6.45. The lowest BCUT2D eigenvalue weighted by molar-refractivity contribution is 0.334. The van der Waals surface area contributed by atoms with Crippen LogP contribution < -0.4 is 10.1 Å². The highest BCUT2D eigenvalue weighted by molar-refractivity contribution is 9.10. The average Bonchev–Trinajstić information content (AvgIpc) is 2.47. The highest BCUT2D eigenvalue weighted by atomic mass is 79.9. The van der Waals surface area contributed by atoms with Crippen LogP contribution in [0, 0.1) is 0 Å². The Kier molecular flexibility index (Phi) is 6.11. The van der Waals surface area contributed by atoms with Gasteiger partial charge in [0.25, 0.3) is 0 Å². The summed E-state index contributed by atoms with van der Waals surface area (Å²) in [7, 11) is 1.92. The summed E-state index contributed by atoms with van der Waals surface area (Å²) in [6, 6.07) is 11.9. The van der Waals surface area contributed by atoms with Crippen LogP contribution in [0.25, 0.3) is 0 Å². The van der Waals surface area contributed by atoms with E-state index in [0.29, 0.717) is 11.6 Å². The Labute approximate surface area is 147 Å². The van der Waals surface area contributed by atoms with Crippen molar-refractivity contribution >= 4 is 43.5 Å². The third-order valence-electron chi connectivity index (χ3n) is 3.16. The number of ether oxygens (including phenoxy) is 1. The number of nitrogens with one attached hydrogen (secondary N) is 1.